The molecule has 37 heavy (non-hydrogen) atoms. The van der Waals surface area contributed by atoms with E-state index in [1.165, 1.54) is 6.07 Å². The lowest BCUT2D eigenvalue weighted by Gasteiger charge is -2.10. The second-order valence-electron chi connectivity index (χ2n) is 9.84. The summed E-state index contributed by atoms with van der Waals surface area (Å²) < 4.78 is 20.1. The number of H-pyrrole nitrogens is 1. The van der Waals surface area contributed by atoms with E-state index in [1.807, 2.05) is 45.9 Å². The Labute approximate surface area is 212 Å². The van der Waals surface area contributed by atoms with Crippen molar-refractivity contribution in [1.29, 1.82) is 0 Å². The molecule has 0 aliphatic rings. The van der Waals surface area contributed by atoms with Crippen molar-refractivity contribution >= 4 is 22.8 Å². The SMILES string of the molecule is Cc1cccc(-c2nc3c(-c4ccc(CNC(=O)c5nc(C(C)(C)C)no5)c(F)c4)ccnc3[nH]2)c1N. The van der Waals surface area contributed by atoms with Crippen molar-refractivity contribution in [3.05, 3.63) is 77.3 Å². The highest BCUT2D eigenvalue weighted by Crippen LogP contribution is 2.32. The van der Waals surface area contributed by atoms with Crippen LogP contribution in [0.2, 0.25) is 0 Å². The van der Waals surface area contributed by atoms with Crippen LogP contribution in [0.4, 0.5) is 10.1 Å². The molecule has 3 heterocycles. The van der Waals surface area contributed by atoms with Gasteiger partial charge in [-0.15, -0.1) is 0 Å². The summed E-state index contributed by atoms with van der Waals surface area (Å²) in [6, 6.07) is 12.3. The molecule has 1 amide bonds. The number of aryl methyl sites for hydroxylation is 1. The molecule has 0 aliphatic carbocycles. The Morgan fingerprint density at radius 2 is 1.95 bits per heavy atom. The Morgan fingerprint density at radius 3 is 2.68 bits per heavy atom. The second-order valence-corrected chi connectivity index (χ2v) is 9.84. The maximum Gasteiger partial charge on any atom is 0.315 e. The van der Waals surface area contributed by atoms with Gasteiger partial charge in [0.05, 0.1) is 0 Å². The van der Waals surface area contributed by atoms with E-state index in [-0.39, 0.29) is 17.9 Å². The molecule has 0 radical (unpaired) electrons. The highest BCUT2D eigenvalue weighted by Gasteiger charge is 2.24. The summed E-state index contributed by atoms with van der Waals surface area (Å²) in [5, 5.41) is 6.47. The first-order chi connectivity index (χ1) is 17.6. The minimum Gasteiger partial charge on any atom is -0.398 e. The normalized spacial score (nSPS) is 11.7. The molecule has 2 aromatic carbocycles. The number of carbonyl (C=O) groups excluding carboxylic acids is 1. The quantitative estimate of drug-likeness (QED) is 0.292. The maximum atomic E-state index is 15.1. The standard InChI is InChI=1S/C27H26FN7O2/c1-14-6-5-7-18(20(14)29)22-32-21-17(10-11-30-23(21)33-22)15-8-9-16(19(28)12-15)13-31-24(36)25-34-26(35-37-25)27(2,3)4/h5-12H,13,29H2,1-4H3,(H,31,36)(H,30,32,33). The van der Waals surface area contributed by atoms with Gasteiger partial charge in [-0.3, -0.25) is 4.79 Å². The molecule has 0 saturated heterocycles. The van der Waals surface area contributed by atoms with Crippen LogP contribution in [-0.4, -0.2) is 31.0 Å². The van der Waals surface area contributed by atoms with Crippen LogP contribution >= 0.6 is 0 Å². The Balaban J connectivity index is 1.38. The smallest absolute Gasteiger partial charge is 0.315 e. The highest BCUT2D eigenvalue weighted by molar-refractivity contribution is 5.92. The monoisotopic (exact) mass is 499 g/mol. The van der Waals surface area contributed by atoms with Gasteiger partial charge in [-0.1, -0.05) is 50.2 Å². The van der Waals surface area contributed by atoms with E-state index in [2.05, 4.69) is 25.4 Å². The zero-order chi connectivity index (χ0) is 26.3. The van der Waals surface area contributed by atoms with E-state index in [0.717, 1.165) is 11.1 Å². The van der Waals surface area contributed by atoms with Crippen LogP contribution in [-0.2, 0) is 12.0 Å². The first-order valence-corrected chi connectivity index (χ1v) is 11.7. The molecular formula is C27H26FN7O2. The minimum absolute atomic E-state index is 0.0386. The van der Waals surface area contributed by atoms with Crippen LogP contribution in [0.1, 0.15) is 48.4 Å². The van der Waals surface area contributed by atoms with Crippen molar-refractivity contribution in [3.8, 4) is 22.5 Å². The van der Waals surface area contributed by atoms with Crippen LogP contribution in [0.15, 0.2) is 53.2 Å². The third-order valence-electron chi connectivity index (χ3n) is 6.06. The van der Waals surface area contributed by atoms with Gasteiger partial charge in [-0.2, -0.15) is 4.98 Å². The minimum atomic E-state index is -0.568. The van der Waals surface area contributed by atoms with Gasteiger partial charge in [0.15, 0.2) is 11.5 Å². The first kappa shape index (κ1) is 24.1. The second kappa shape index (κ2) is 9.12. The fraction of sp³-hybridized carbons (Fsp3) is 0.222. The van der Waals surface area contributed by atoms with Gasteiger partial charge in [-0.05, 0) is 36.2 Å². The number of aromatic nitrogens is 5. The van der Waals surface area contributed by atoms with Crippen LogP contribution in [0.3, 0.4) is 0 Å². The number of rotatable bonds is 5. The van der Waals surface area contributed by atoms with Gasteiger partial charge in [0.1, 0.15) is 17.2 Å². The number of para-hydroxylation sites is 1. The molecule has 0 aliphatic heterocycles. The molecule has 5 rings (SSSR count). The van der Waals surface area contributed by atoms with Gasteiger partial charge >= 0.3 is 11.8 Å². The number of aromatic amines is 1. The van der Waals surface area contributed by atoms with Crippen molar-refractivity contribution in [1.82, 2.24) is 30.4 Å². The van der Waals surface area contributed by atoms with Crippen LogP contribution in [0, 0.1) is 12.7 Å². The lowest BCUT2D eigenvalue weighted by atomic mass is 9.96. The third kappa shape index (κ3) is 4.65. The molecule has 0 bridgehead atoms. The molecule has 5 aromatic rings. The number of benzene rings is 2. The van der Waals surface area contributed by atoms with Crippen LogP contribution in [0.5, 0.6) is 0 Å². The molecule has 0 unspecified atom stereocenters. The molecule has 4 N–H and O–H groups in total. The Kier molecular flexibility index (Phi) is 5.94. The summed E-state index contributed by atoms with van der Waals surface area (Å²) >= 11 is 0. The molecule has 0 atom stereocenters. The lowest BCUT2D eigenvalue weighted by molar-refractivity contribution is 0.0906. The molecule has 9 nitrogen and oxygen atoms in total. The molecule has 0 fully saturated rings. The Morgan fingerprint density at radius 1 is 1.14 bits per heavy atom. The highest BCUT2D eigenvalue weighted by atomic mass is 19.1. The van der Waals surface area contributed by atoms with Crippen molar-refractivity contribution in [2.45, 2.75) is 39.7 Å². The zero-order valence-electron chi connectivity index (χ0n) is 20.9. The number of nitrogens with zero attached hydrogens (tertiary/aromatic N) is 4. The summed E-state index contributed by atoms with van der Waals surface area (Å²) in [7, 11) is 0. The van der Waals surface area contributed by atoms with Gasteiger partial charge in [0.25, 0.3) is 0 Å². The number of nitrogens with one attached hydrogen (secondary N) is 2. The van der Waals surface area contributed by atoms with Crippen LogP contribution < -0.4 is 11.1 Å². The van der Waals surface area contributed by atoms with Gasteiger partial charge in [0, 0.05) is 40.5 Å². The number of carbonyl (C=O) groups is 1. The van der Waals surface area contributed by atoms with Crippen LogP contribution in [0.25, 0.3) is 33.7 Å². The van der Waals surface area contributed by atoms with Crippen molar-refractivity contribution in [3.63, 3.8) is 0 Å². The Bertz CT molecular complexity index is 1630. The van der Waals surface area contributed by atoms with E-state index in [1.54, 1.807) is 24.4 Å². The Hall–Kier alpha value is -4.60. The molecule has 10 heteroatoms. The van der Waals surface area contributed by atoms with Gasteiger partial charge in [0.2, 0.25) is 0 Å². The summed E-state index contributed by atoms with van der Waals surface area (Å²) in [5.41, 5.74) is 11.1. The average molecular weight is 500 g/mol. The van der Waals surface area contributed by atoms with Gasteiger partial charge < -0.3 is 20.6 Å². The number of imidazole rings is 1. The topological polar surface area (TPSA) is 136 Å². The lowest BCUT2D eigenvalue weighted by Crippen LogP contribution is -2.24. The number of hydrogen-bond acceptors (Lipinski definition) is 7. The molecule has 188 valence electrons. The number of pyridine rings is 1. The van der Waals surface area contributed by atoms with E-state index in [4.69, 9.17) is 15.2 Å². The number of fused-ring (bicyclic) bond motifs is 1. The number of nitrogens with two attached hydrogens (primary N) is 1. The maximum absolute atomic E-state index is 15.1. The molecule has 0 spiro atoms. The largest absolute Gasteiger partial charge is 0.398 e. The van der Waals surface area contributed by atoms with E-state index in [0.29, 0.717) is 45.2 Å². The number of halogens is 1. The number of anilines is 1. The summed E-state index contributed by atoms with van der Waals surface area (Å²) in [6.07, 6.45) is 1.64. The molecular weight excluding hydrogens is 473 g/mol. The summed E-state index contributed by atoms with van der Waals surface area (Å²) in [4.78, 5) is 28.9. The molecule has 3 aromatic heterocycles. The van der Waals surface area contributed by atoms with E-state index < -0.39 is 11.7 Å². The average Bonchev–Trinajstić information content (AvgIpc) is 3.52. The first-order valence-electron chi connectivity index (χ1n) is 11.7. The predicted octanol–water partition coefficient (Wildman–Crippen LogP) is 4.93. The van der Waals surface area contributed by atoms with Crippen molar-refractivity contribution in [2.24, 2.45) is 0 Å². The third-order valence-corrected chi connectivity index (χ3v) is 6.06. The van der Waals surface area contributed by atoms with Crippen molar-refractivity contribution < 1.29 is 13.7 Å². The fourth-order valence-electron chi connectivity index (χ4n) is 3.89. The fourth-order valence-corrected chi connectivity index (χ4v) is 3.89. The molecule has 0 saturated carbocycles. The number of amides is 1. The zero-order valence-corrected chi connectivity index (χ0v) is 20.9. The number of hydrogen-bond donors (Lipinski definition) is 3. The van der Waals surface area contributed by atoms with E-state index in [9.17, 15) is 4.79 Å². The van der Waals surface area contributed by atoms with Gasteiger partial charge in [-0.25, -0.2) is 14.4 Å². The summed E-state index contributed by atoms with van der Waals surface area (Å²) in [5.74, 6) is -0.191. The van der Waals surface area contributed by atoms with Crippen molar-refractivity contribution in [2.75, 3.05) is 5.73 Å². The predicted molar refractivity (Wildman–Crippen MR) is 138 cm³/mol. The summed E-state index contributed by atoms with van der Waals surface area (Å²) in [6.45, 7) is 7.63. The number of nitrogen functional groups attached to an aromatic ring is 1. The van der Waals surface area contributed by atoms with E-state index >= 15 is 4.39 Å².